The molecule has 2 aromatic rings. The number of nitrogens with one attached hydrogen (secondary N) is 1. The van der Waals surface area contributed by atoms with Gasteiger partial charge in [0.15, 0.2) is 5.13 Å². The Labute approximate surface area is 172 Å². The summed E-state index contributed by atoms with van der Waals surface area (Å²) in [5.41, 5.74) is 0.918. The molecule has 152 valence electrons. The first kappa shape index (κ1) is 19.5. The van der Waals surface area contributed by atoms with Crippen LogP contribution in [0.5, 0.6) is 0 Å². The van der Waals surface area contributed by atoms with Crippen molar-refractivity contribution in [3.63, 3.8) is 0 Å². The summed E-state index contributed by atoms with van der Waals surface area (Å²) >= 11 is 1.33. The number of amides is 2. The second-order valence-electron chi connectivity index (χ2n) is 7.61. The number of aromatic nitrogens is 1. The largest absolute Gasteiger partial charge is 0.322 e. The Bertz CT molecular complexity index is 925. The standard InChI is InChI=1S/C20H22N4O4S/c25-18(22-20-21-8-9-29-20)17(10-13-4-2-1-3-5-13)23-12-14-6-7-15(24(27)28)11-16(14)19(23)26/h6-9,11,13,17H,1-5,10,12H2,(H,21,22,25)/t17-/m0/s1. The highest BCUT2D eigenvalue weighted by Gasteiger charge is 2.38. The van der Waals surface area contributed by atoms with Gasteiger partial charge in [0.2, 0.25) is 5.91 Å². The molecular formula is C20H22N4O4S. The van der Waals surface area contributed by atoms with Gasteiger partial charge in [0.25, 0.3) is 11.6 Å². The number of benzene rings is 1. The van der Waals surface area contributed by atoms with Crippen LogP contribution in [0.2, 0.25) is 0 Å². The quantitative estimate of drug-likeness (QED) is 0.568. The van der Waals surface area contributed by atoms with E-state index in [0.29, 0.717) is 23.0 Å². The number of hydrogen-bond acceptors (Lipinski definition) is 6. The number of carbonyl (C=O) groups excluding carboxylic acids is 2. The molecule has 0 spiro atoms. The average Bonchev–Trinajstić information content (AvgIpc) is 3.34. The SMILES string of the molecule is O=C(Nc1nccs1)[C@H](CC1CCCCC1)N1Cc2ccc([N+](=O)[O-])cc2C1=O. The molecule has 1 fully saturated rings. The first-order valence-corrected chi connectivity index (χ1v) is 10.7. The second-order valence-corrected chi connectivity index (χ2v) is 8.51. The fraction of sp³-hybridized carbons (Fsp3) is 0.450. The van der Waals surface area contributed by atoms with Crippen LogP contribution in [0.1, 0.15) is 54.4 Å². The van der Waals surface area contributed by atoms with Gasteiger partial charge in [0, 0.05) is 30.3 Å². The van der Waals surface area contributed by atoms with Gasteiger partial charge < -0.3 is 10.2 Å². The van der Waals surface area contributed by atoms with E-state index in [0.717, 1.165) is 31.2 Å². The third-order valence-corrected chi connectivity index (χ3v) is 6.45. The Kier molecular flexibility index (Phi) is 5.57. The van der Waals surface area contributed by atoms with Crippen molar-refractivity contribution >= 4 is 34.0 Å². The molecule has 2 amide bonds. The number of hydrogen-bond donors (Lipinski definition) is 1. The third-order valence-electron chi connectivity index (χ3n) is 5.76. The number of carbonyl (C=O) groups is 2. The minimum Gasteiger partial charge on any atom is -0.322 e. The van der Waals surface area contributed by atoms with Crippen LogP contribution in [-0.2, 0) is 11.3 Å². The summed E-state index contributed by atoms with van der Waals surface area (Å²) < 4.78 is 0. The second kappa shape index (κ2) is 8.28. The van der Waals surface area contributed by atoms with Gasteiger partial charge in [0.05, 0.1) is 10.5 Å². The summed E-state index contributed by atoms with van der Waals surface area (Å²) in [6.45, 7) is 0.287. The van der Waals surface area contributed by atoms with Gasteiger partial charge in [-0.15, -0.1) is 11.3 Å². The van der Waals surface area contributed by atoms with E-state index in [1.54, 1.807) is 22.5 Å². The van der Waals surface area contributed by atoms with E-state index in [-0.39, 0.29) is 24.0 Å². The van der Waals surface area contributed by atoms with Crippen molar-refractivity contribution in [3.8, 4) is 0 Å². The summed E-state index contributed by atoms with van der Waals surface area (Å²) in [5.74, 6) is -0.179. The fourth-order valence-corrected chi connectivity index (χ4v) is 4.80. The van der Waals surface area contributed by atoms with Crippen LogP contribution in [0.3, 0.4) is 0 Å². The molecule has 2 aliphatic rings. The summed E-state index contributed by atoms with van der Waals surface area (Å²) in [4.78, 5) is 42.4. The number of nitro groups is 1. The molecular weight excluding hydrogens is 392 g/mol. The van der Waals surface area contributed by atoms with Gasteiger partial charge >= 0.3 is 0 Å². The molecule has 1 N–H and O–H groups in total. The molecule has 1 aliphatic heterocycles. The Balaban J connectivity index is 1.58. The predicted molar refractivity (Wildman–Crippen MR) is 109 cm³/mol. The normalized spacial score (nSPS) is 17.8. The van der Waals surface area contributed by atoms with Crippen molar-refractivity contribution in [1.29, 1.82) is 0 Å². The van der Waals surface area contributed by atoms with Gasteiger partial charge in [-0.2, -0.15) is 0 Å². The topological polar surface area (TPSA) is 105 Å². The van der Waals surface area contributed by atoms with Crippen LogP contribution in [0.15, 0.2) is 29.8 Å². The molecule has 0 saturated heterocycles. The van der Waals surface area contributed by atoms with E-state index in [1.807, 2.05) is 0 Å². The third kappa shape index (κ3) is 4.14. The molecule has 1 aliphatic carbocycles. The van der Waals surface area contributed by atoms with Gasteiger partial charge in [-0.1, -0.05) is 32.1 Å². The summed E-state index contributed by atoms with van der Waals surface area (Å²) in [7, 11) is 0. The highest BCUT2D eigenvalue weighted by atomic mass is 32.1. The molecule has 2 heterocycles. The first-order valence-electron chi connectivity index (χ1n) is 9.81. The average molecular weight is 414 g/mol. The van der Waals surface area contributed by atoms with Gasteiger partial charge in [-0.05, 0) is 24.0 Å². The lowest BCUT2D eigenvalue weighted by atomic mass is 9.84. The van der Waals surface area contributed by atoms with Crippen molar-refractivity contribution in [2.75, 3.05) is 5.32 Å². The zero-order valence-electron chi connectivity index (χ0n) is 15.9. The van der Waals surface area contributed by atoms with Crippen molar-refractivity contribution in [2.45, 2.75) is 51.1 Å². The molecule has 29 heavy (non-hydrogen) atoms. The van der Waals surface area contributed by atoms with Gasteiger partial charge in [-0.25, -0.2) is 4.98 Å². The number of non-ortho nitro benzene ring substituents is 1. The van der Waals surface area contributed by atoms with E-state index >= 15 is 0 Å². The Morgan fingerprint density at radius 3 is 2.83 bits per heavy atom. The van der Waals surface area contributed by atoms with E-state index in [1.165, 1.54) is 29.9 Å². The molecule has 0 radical (unpaired) electrons. The van der Waals surface area contributed by atoms with Crippen LogP contribution >= 0.6 is 11.3 Å². The molecule has 0 unspecified atom stereocenters. The fourth-order valence-electron chi connectivity index (χ4n) is 4.27. The van der Waals surface area contributed by atoms with Crippen LogP contribution in [-0.4, -0.2) is 32.7 Å². The summed E-state index contributed by atoms with van der Waals surface area (Å²) in [6, 6.07) is 3.71. The molecule has 1 atom stereocenters. The monoisotopic (exact) mass is 414 g/mol. The van der Waals surface area contributed by atoms with Crippen molar-refractivity contribution in [1.82, 2.24) is 9.88 Å². The van der Waals surface area contributed by atoms with Gasteiger partial charge in [-0.3, -0.25) is 19.7 Å². The lowest BCUT2D eigenvalue weighted by Gasteiger charge is -2.31. The molecule has 1 aromatic carbocycles. The number of thiazole rings is 1. The number of anilines is 1. The number of nitro benzene ring substituents is 1. The van der Waals surface area contributed by atoms with E-state index in [9.17, 15) is 19.7 Å². The van der Waals surface area contributed by atoms with E-state index < -0.39 is 11.0 Å². The summed E-state index contributed by atoms with van der Waals surface area (Å²) in [5, 5.41) is 16.2. The summed E-state index contributed by atoms with van der Waals surface area (Å²) in [6.07, 6.45) is 7.83. The van der Waals surface area contributed by atoms with Gasteiger partial charge in [0.1, 0.15) is 6.04 Å². The van der Waals surface area contributed by atoms with Crippen LogP contribution in [0.25, 0.3) is 0 Å². The smallest absolute Gasteiger partial charge is 0.270 e. The van der Waals surface area contributed by atoms with Crippen LogP contribution < -0.4 is 5.32 Å². The number of rotatable bonds is 6. The molecule has 4 rings (SSSR count). The van der Waals surface area contributed by atoms with Crippen molar-refractivity contribution < 1.29 is 14.5 Å². The maximum atomic E-state index is 13.1. The Morgan fingerprint density at radius 2 is 2.14 bits per heavy atom. The maximum absolute atomic E-state index is 13.1. The first-order chi connectivity index (χ1) is 14.0. The Hall–Kier alpha value is -2.81. The van der Waals surface area contributed by atoms with Crippen LogP contribution in [0, 0.1) is 16.0 Å². The molecule has 1 saturated carbocycles. The maximum Gasteiger partial charge on any atom is 0.270 e. The predicted octanol–water partition coefficient (Wildman–Crippen LogP) is 3.98. The zero-order chi connectivity index (χ0) is 20.4. The molecule has 9 heteroatoms. The van der Waals surface area contributed by atoms with E-state index in [4.69, 9.17) is 0 Å². The van der Waals surface area contributed by atoms with Crippen molar-refractivity contribution in [3.05, 3.63) is 51.0 Å². The Morgan fingerprint density at radius 1 is 1.34 bits per heavy atom. The highest BCUT2D eigenvalue weighted by Crippen LogP contribution is 2.33. The van der Waals surface area contributed by atoms with Crippen molar-refractivity contribution in [2.24, 2.45) is 5.92 Å². The number of fused-ring (bicyclic) bond motifs is 1. The molecule has 1 aromatic heterocycles. The minimum atomic E-state index is -0.624. The lowest BCUT2D eigenvalue weighted by Crippen LogP contribution is -2.45. The number of nitrogens with zero attached hydrogens (tertiary/aromatic N) is 3. The lowest BCUT2D eigenvalue weighted by molar-refractivity contribution is -0.384. The molecule has 8 nitrogen and oxygen atoms in total. The highest BCUT2D eigenvalue weighted by molar-refractivity contribution is 7.13. The minimum absolute atomic E-state index is 0.116. The van der Waals surface area contributed by atoms with Crippen LogP contribution in [0.4, 0.5) is 10.8 Å². The molecule has 0 bridgehead atoms. The zero-order valence-corrected chi connectivity index (χ0v) is 16.7. The van der Waals surface area contributed by atoms with E-state index in [2.05, 4.69) is 10.3 Å².